The van der Waals surface area contributed by atoms with Crippen LogP contribution in [-0.2, 0) is 24.1 Å². The number of para-hydroxylation sites is 1. The van der Waals surface area contributed by atoms with Crippen LogP contribution in [0.15, 0.2) is 30.3 Å². The molecule has 6 heteroatoms. The van der Waals surface area contributed by atoms with Gasteiger partial charge in [-0.25, -0.2) is 0 Å². The number of piperidine rings is 1. The van der Waals surface area contributed by atoms with Gasteiger partial charge in [-0.15, -0.1) is 5.10 Å². The van der Waals surface area contributed by atoms with Gasteiger partial charge in [-0.1, -0.05) is 18.2 Å². The third-order valence-corrected chi connectivity index (χ3v) is 6.67. The summed E-state index contributed by atoms with van der Waals surface area (Å²) in [6, 6.07) is 10.1. The highest BCUT2D eigenvalue weighted by Gasteiger charge is 2.31. The summed E-state index contributed by atoms with van der Waals surface area (Å²) in [5, 5.41) is 8.59. The highest BCUT2D eigenvalue weighted by molar-refractivity contribution is 5.80. The molecule has 1 saturated heterocycles. The van der Waals surface area contributed by atoms with Crippen molar-refractivity contribution in [3.05, 3.63) is 47.2 Å². The third-order valence-electron chi connectivity index (χ3n) is 6.67. The molecule has 0 saturated carbocycles. The summed E-state index contributed by atoms with van der Waals surface area (Å²) in [6.45, 7) is 2.72. The fourth-order valence-corrected chi connectivity index (χ4v) is 4.81. The molecular formula is C24H29N3O3. The highest BCUT2D eigenvalue weighted by Crippen LogP contribution is 2.29. The van der Waals surface area contributed by atoms with Gasteiger partial charge in [0.15, 0.2) is 0 Å². The van der Waals surface area contributed by atoms with E-state index >= 15 is 0 Å². The van der Waals surface area contributed by atoms with Crippen LogP contribution in [-0.4, -0.2) is 47.3 Å². The number of hydrogen-bond acceptors (Lipinski definition) is 5. The Morgan fingerprint density at radius 2 is 1.93 bits per heavy atom. The van der Waals surface area contributed by atoms with E-state index in [4.69, 9.17) is 9.47 Å². The molecule has 0 spiro atoms. The zero-order valence-electron chi connectivity index (χ0n) is 17.4. The number of aryl methyl sites for hydroxylation is 2. The van der Waals surface area contributed by atoms with Gasteiger partial charge in [-0.3, -0.25) is 4.79 Å². The molecule has 1 fully saturated rings. The second-order valence-electron chi connectivity index (χ2n) is 8.76. The van der Waals surface area contributed by atoms with Crippen molar-refractivity contribution in [3.8, 4) is 11.6 Å². The number of hydrogen-bond donors (Lipinski definition) is 0. The Bertz CT molecular complexity index is 908. The maximum Gasteiger partial charge on any atom is 0.233 e. The van der Waals surface area contributed by atoms with Crippen molar-refractivity contribution in [1.82, 2.24) is 15.1 Å². The SMILES string of the molecule is O=C(C1COc2ccccc2C1)N1CCC(COc2cc3c(nn2)CCCC3)CC1. The van der Waals surface area contributed by atoms with Gasteiger partial charge in [0.25, 0.3) is 0 Å². The molecule has 1 aromatic heterocycles. The first-order valence-corrected chi connectivity index (χ1v) is 11.2. The van der Waals surface area contributed by atoms with Crippen molar-refractivity contribution in [2.45, 2.75) is 44.9 Å². The molecule has 1 aliphatic carbocycles. The van der Waals surface area contributed by atoms with E-state index in [1.54, 1.807) is 0 Å². The normalized spacial score (nSPS) is 21.3. The molecule has 6 nitrogen and oxygen atoms in total. The van der Waals surface area contributed by atoms with Crippen LogP contribution in [0.4, 0.5) is 0 Å². The van der Waals surface area contributed by atoms with Gasteiger partial charge in [0, 0.05) is 19.2 Å². The molecule has 5 rings (SSSR count). The van der Waals surface area contributed by atoms with Crippen LogP contribution in [0.2, 0.25) is 0 Å². The number of likely N-dealkylation sites (tertiary alicyclic amines) is 1. The molecule has 2 aliphatic heterocycles. The number of nitrogens with zero attached hydrogens (tertiary/aromatic N) is 3. The van der Waals surface area contributed by atoms with Crippen LogP contribution in [0, 0.1) is 11.8 Å². The van der Waals surface area contributed by atoms with E-state index in [1.165, 1.54) is 18.4 Å². The van der Waals surface area contributed by atoms with Crippen LogP contribution < -0.4 is 9.47 Å². The number of carbonyl (C=O) groups excluding carboxylic acids is 1. The Hall–Kier alpha value is -2.63. The van der Waals surface area contributed by atoms with Crippen LogP contribution in [0.25, 0.3) is 0 Å². The van der Waals surface area contributed by atoms with E-state index in [0.29, 0.717) is 25.0 Å². The van der Waals surface area contributed by atoms with E-state index in [0.717, 1.165) is 62.2 Å². The van der Waals surface area contributed by atoms with Crippen molar-refractivity contribution < 1.29 is 14.3 Å². The van der Waals surface area contributed by atoms with Crippen molar-refractivity contribution in [1.29, 1.82) is 0 Å². The van der Waals surface area contributed by atoms with E-state index in [-0.39, 0.29) is 11.8 Å². The first-order chi connectivity index (χ1) is 14.8. The van der Waals surface area contributed by atoms with Gasteiger partial charge in [0.1, 0.15) is 12.4 Å². The minimum atomic E-state index is -0.0709. The van der Waals surface area contributed by atoms with Crippen LogP contribution in [0.1, 0.15) is 42.5 Å². The summed E-state index contributed by atoms with van der Waals surface area (Å²) in [4.78, 5) is 15.0. The Kier molecular flexibility index (Phi) is 5.56. The Morgan fingerprint density at radius 1 is 1.10 bits per heavy atom. The summed E-state index contributed by atoms with van der Waals surface area (Å²) in [5.74, 6) is 2.17. The van der Waals surface area contributed by atoms with Gasteiger partial charge in [-0.05, 0) is 68.1 Å². The number of aromatic nitrogens is 2. The second kappa shape index (κ2) is 8.62. The average Bonchev–Trinajstić information content (AvgIpc) is 2.82. The smallest absolute Gasteiger partial charge is 0.233 e. The van der Waals surface area contributed by atoms with E-state index in [9.17, 15) is 4.79 Å². The molecule has 1 atom stereocenters. The van der Waals surface area contributed by atoms with Crippen LogP contribution >= 0.6 is 0 Å². The molecule has 158 valence electrons. The molecule has 1 aromatic carbocycles. The first-order valence-electron chi connectivity index (χ1n) is 11.2. The molecule has 0 radical (unpaired) electrons. The van der Waals surface area contributed by atoms with E-state index < -0.39 is 0 Å². The summed E-state index contributed by atoms with van der Waals surface area (Å²) < 4.78 is 11.8. The van der Waals surface area contributed by atoms with Crippen molar-refractivity contribution >= 4 is 5.91 Å². The zero-order chi connectivity index (χ0) is 20.3. The predicted octanol–water partition coefficient (Wildman–Crippen LogP) is 3.22. The van der Waals surface area contributed by atoms with Crippen LogP contribution in [0.5, 0.6) is 11.6 Å². The summed E-state index contributed by atoms with van der Waals surface area (Å²) in [6.07, 6.45) is 7.25. The third kappa shape index (κ3) is 4.13. The molecule has 2 aromatic rings. The molecule has 3 heterocycles. The summed E-state index contributed by atoms with van der Waals surface area (Å²) in [5.41, 5.74) is 3.56. The number of fused-ring (bicyclic) bond motifs is 2. The molecule has 1 amide bonds. The minimum Gasteiger partial charge on any atom is -0.492 e. The van der Waals surface area contributed by atoms with Gasteiger partial charge in [0.2, 0.25) is 11.8 Å². The fraction of sp³-hybridized carbons (Fsp3) is 0.542. The molecule has 30 heavy (non-hydrogen) atoms. The Morgan fingerprint density at radius 3 is 2.83 bits per heavy atom. The molecular weight excluding hydrogens is 378 g/mol. The zero-order valence-corrected chi connectivity index (χ0v) is 17.4. The van der Waals surface area contributed by atoms with E-state index in [2.05, 4.69) is 22.3 Å². The topological polar surface area (TPSA) is 64.5 Å². The quantitative estimate of drug-likeness (QED) is 0.779. The molecule has 3 aliphatic rings. The first kappa shape index (κ1) is 19.3. The lowest BCUT2D eigenvalue weighted by Gasteiger charge is -2.35. The van der Waals surface area contributed by atoms with Gasteiger partial charge < -0.3 is 14.4 Å². The fourth-order valence-electron chi connectivity index (χ4n) is 4.81. The lowest BCUT2D eigenvalue weighted by Crippen LogP contribution is -2.45. The monoisotopic (exact) mass is 407 g/mol. The van der Waals surface area contributed by atoms with Gasteiger partial charge >= 0.3 is 0 Å². The highest BCUT2D eigenvalue weighted by atomic mass is 16.5. The summed E-state index contributed by atoms with van der Waals surface area (Å²) in [7, 11) is 0. The van der Waals surface area contributed by atoms with Gasteiger partial charge in [0.05, 0.1) is 18.2 Å². The molecule has 0 bridgehead atoms. The number of rotatable bonds is 4. The Labute approximate surface area is 177 Å². The maximum atomic E-state index is 13.0. The average molecular weight is 408 g/mol. The van der Waals surface area contributed by atoms with Crippen molar-refractivity contribution in [2.75, 3.05) is 26.3 Å². The standard InChI is InChI=1S/C24H29N3O3/c28-24(20-13-19-6-2-4-8-22(19)29-16-20)27-11-9-17(10-12-27)15-30-23-14-18-5-1-3-7-21(18)25-26-23/h2,4,6,8,14,17,20H,1,3,5,7,9-13,15-16H2. The number of ether oxygens (including phenoxy) is 2. The lowest BCUT2D eigenvalue weighted by molar-refractivity contribution is -0.138. The van der Waals surface area contributed by atoms with E-state index in [1.807, 2.05) is 23.1 Å². The lowest BCUT2D eigenvalue weighted by atomic mass is 9.93. The number of carbonyl (C=O) groups is 1. The summed E-state index contributed by atoms with van der Waals surface area (Å²) >= 11 is 0. The number of amides is 1. The Balaban J connectivity index is 1.10. The predicted molar refractivity (Wildman–Crippen MR) is 113 cm³/mol. The minimum absolute atomic E-state index is 0.0709. The van der Waals surface area contributed by atoms with Crippen molar-refractivity contribution in [2.24, 2.45) is 11.8 Å². The maximum absolute atomic E-state index is 13.0. The molecule has 0 N–H and O–H groups in total. The van der Waals surface area contributed by atoms with Crippen molar-refractivity contribution in [3.63, 3.8) is 0 Å². The number of benzene rings is 1. The molecule has 1 unspecified atom stereocenters. The van der Waals surface area contributed by atoms with Gasteiger partial charge in [-0.2, -0.15) is 5.10 Å². The second-order valence-corrected chi connectivity index (χ2v) is 8.76. The van der Waals surface area contributed by atoms with Crippen LogP contribution in [0.3, 0.4) is 0 Å². The largest absolute Gasteiger partial charge is 0.492 e.